The maximum Gasteiger partial charge on any atom is 0.193 e. The van der Waals surface area contributed by atoms with E-state index >= 15 is 0 Å². The predicted molar refractivity (Wildman–Crippen MR) is 127 cm³/mol. The minimum Gasteiger partial charge on any atom is -0.494 e. The average Bonchev–Trinajstić information content (AvgIpc) is 2.79. The summed E-state index contributed by atoms with van der Waals surface area (Å²) >= 11 is 6.06. The van der Waals surface area contributed by atoms with Crippen molar-refractivity contribution in [2.75, 3.05) is 13.2 Å². The molecule has 0 amide bonds. The summed E-state index contributed by atoms with van der Waals surface area (Å²) in [4.78, 5) is 12.6. The van der Waals surface area contributed by atoms with Crippen LogP contribution < -0.4 is 15.5 Å². The summed E-state index contributed by atoms with van der Waals surface area (Å²) in [6, 6.07) is 15.0. The van der Waals surface area contributed by atoms with Gasteiger partial charge in [-0.2, -0.15) is 0 Å². The normalized spacial score (nSPS) is 16.5. The Labute approximate surface area is 188 Å². The van der Waals surface area contributed by atoms with Gasteiger partial charge in [0.1, 0.15) is 17.1 Å². The number of hydrogen-bond donors (Lipinski definition) is 1. The van der Waals surface area contributed by atoms with Gasteiger partial charge < -0.3 is 14.5 Å². The molecule has 1 N–H and O–H groups in total. The third-order valence-corrected chi connectivity index (χ3v) is 6.17. The van der Waals surface area contributed by atoms with Crippen molar-refractivity contribution in [3.8, 4) is 17.1 Å². The highest BCUT2D eigenvalue weighted by Gasteiger charge is 2.11. The van der Waals surface area contributed by atoms with Gasteiger partial charge in [0.2, 0.25) is 0 Å². The number of unbranched alkanes of at least 4 members (excludes halogenated alkanes) is 3. The number of hydrogen-bond acceptors (Lipinski definition) is 4. The van der Waals surface area contributed by atoms with Crippen LogP contribution in [0.1, 0.15) is 51.4 Å². The number of fused-ring (bicyclic) bond motifs is 1. The molecule has 2 aromatic carbocycles. The first-order chi connectivity index (χ1) is 15.2. The molecule has 0 bridgehead atoms. The van der Waals surface area contributed by atoms with Crippen molar-refractivity contribution in [3.63, 3.8) is 0 Å². The molecule has 1 aromatic heterocycles. The van der Waals surface area contributed by atoms with Gasteiger partial charge in [0.15, 0.2) is 5.43 Å². The van der Waals surface area contributed by atoms with Gasteiger partial charge in [-0.3, -0.25) is 4.79 Å². The second-order valence-corrected chi connectivity index (χ2v) is 8.78. The van der Waals surface area contributed by atoms with E-state index in [9.17, 15) is 4.79 Å². The Balaban J connectivity index is 1.27. The lowest BCUT2D eigenvalue weighted by Gasteiger charge is -2.23. The van der Waals surface area contributed by atoms with E-state index in [1.807, 2.05) is 18.2 Å². The van der Waals surface area contributed by atoms with Crippen molar-refractivity contribution in [2.45, 2.75) is 57.4 Å². The Morgan fingerprint density at radius 3 is 2.77 bits per heavy atom. The molecular formula is C26H30ClNO3. The molecule has 4 rings (SSSR count). The van der Waals surface area contributed by atoms with E-state index in [4.69, 9.17) is 20.8 Å². The summed E-state index contributed by atoms with van der Waals surface area (Å²) in [6.07, 6.45) is 10.0. The molecule has 5 heteroatoms. The van der Waals surface area contributed by atoms with Gasteiger partial charge >= 0.3 is 0 Å². The molecule has 2 heterocycles. The lowest BCUT2D eigenvalue weighted by Crippen LogP contribution is -2.33. The van der Waals surface area contributed by atoms with Gasteiger partial charge in [-0.1, -0.05) is 49.4 Å². The maximum atomic E-state index is 12.6. The molecule has 1 fully saturated rings. The summed E-state index contributed by atoms with van der Waals surface area (Å²) in [7, 11) is 0. The summed E-state index contributed by atoms with van der Waals surface area (Å²) in [5.41, 5.74) is 1.25. The van der Waals surface area contributed by atoms with Crippen molar-refractivity contribution in [1.82, 2.24) is 5.32 Å². The molecule has 1 aliphatic rings. The molecule has 1 atom stereocenters. The highest BCUT2D eigenvalue weighted by atomic mass is 35.5. The second kappa shape index (κ2) is 10.8. The van der Waals surface area contributed by atoms with Gasteiger partial charge in [-0.25, -0.2) is 0 Å². The standard InChI is InChI=1S/C26H30ClNO3/c27-20-9-7-8-19(16-20)26-18-24(29)23-17-22(12-13-25(23)31-26)30-15-6-2-1-3-10-21-11-4-5-14-28-21/h7-9,12-13,16-18,21,28H,1-6,10-11,14-15H2. The Morgan fingerprint density at radius 1 is 1.03 bits per heavy atom. The van der Waals surface area contributed by atoms with E-state index in [1.54, 1.807) is 24.3 Å². The molecule has 4 nitrogen and oxygen atoms in total. The summed E-state index contributed by atoms with van der Waals surface area (Å²) < 4.78 is 11.8. The van der Waals surface area contributed by atoms with Crippen LogP contribution in [0.5, 0.6) is 5.75 Å². The zero-order valence-corrected chi connectivity index (χ0v) is 18.6. The Morgan fingerprint density at radius 2 is 1.94 bits per heavy atom. The van der Waals surface area contributed by atoms with E-state index in [1.165, 1.54) is 57.6 Å². The van der Waals surface area contributed by atoms with Crippen molar-refractivity contribution in [3.05, 3.63) is 63.8 Å². The molecule has 31 heavy (non-hydrogen) atoms. The van der Waals surface area contributed by atoms with Crippen LogP contribution in [0.25, 0.3) is 22.3 Å². The van der Waals surface area contributed by atoms with E-state index in [2.05, 4.69) is 5.32 Å². The third kappa shape index (κ3) is 6.11. The van der Waals surface area contributed by atoms with Crippen LogP contribution in [0.3, 0.4) is 0 Å². The summed E-state index contributed by atoms with van der Waals surface area (Å²) in [6.45, 7) is 1.85. The van der Waals surface area contributed by atoms with Crippen molar-refractivity contribution in [1.29, 1.82) is 0 Å². The van der Waals surface area contributed by atoms with Crippen LogP contribution >= 0.6 is 11.6 Å². The maximum absolute atomic E-state index is 12.6. The first kappa shape index (κ1) is 21.9. The molecular weight excluding hydrogens is 410 g/mol. The Bertz CT molecular complexity index is 1060. The van der Waals surface area contributed by atoms with Gasteiger partial charge in [0.25, 0.3) is 0 Å². The van der Waals surface area contributed by atoms with Gasteiger partial charge in [0, 0.05) is 22.7 Å². The zero-order valence-electron chi connectivity index (χ0n) is 17.9. The lowest BCUT2D eigenvalue weighted by molar-refractivity contribution is 0.302. The fraction of sp³-hybridized carbons (Fsp3) is 0.423. The molecule has 1 unspecified atom stereocenters. The Hall–Kier alpha value is -2.30. The minimum atomic E-state index is -0.0852. The highest BCUT2D eigenvalue weighted by molar-refractivity contribution is 6.30. The van der Waals surface area contributed by atoms with Crippen molar-refractivity contribution in [2.24, 2.45) is 0 Å². The Kier molecular flexibility index (Phi) is 7.66. The van der Waals surface area contributed by atoms with Crippen LogP contribution in [0, 0.1) is 0 Å². The van der Waals surface area contributed by atoms with Crippen LogP contribution in [0.4, 0.5) is 0 Å². The van der Waals surface area contributed by atoms with E-state index in [0.717, 1.165) is 18.0 Å². The minimum absolute atomic E-state index is 0.0852. The number of nitrogens with one attached hydrogen (secondary N) is 1. The SMILES string of the molecule is O=c1cc(-c2cccc(Cl)c2)oc2ccc(OCCCCCCC3CCCCN3)cc12. The first-order valence-electron chi connectivity index (χ1n) is 11.4. The van der Waals surface area contributed by atoms with E-state index in [-0.39, 0.29) is 5.43 Å². The van der Waals surface area contributed by atoms with Crippen LogP contribution in [0.15, 0.2) is 57.7 Å². The number of benzene rings is 2. The fourth-order valence-corrected chi connectivity index (χ4v) is 4.41. The fourth-order valence-electron chi connectivity index (χ4n) is 4.22. The number of halogens is 1. The molecule has 3 aromatic rings. The first-order valence-corrected chi connectivity index (χ1v) is 11.8. The number of piperidine rings is 1. The second-order valence-electron chi connectivity index (χ2n) is 8.34. The molecule has 0 radical (unpaired) electrons. The largest absolute Gasteiger partial charge is 0.494 e. The average molecular weight is 440 g/mol. The predicted octanol–water partition coefficient (Wildman–Crippen LogP) is 6.58. The topological polar surface area (TPSA) is 51.5 Å². The third-order valence-electron chi connectivity index (χ3n) is 5.94. The molecule has 1 aliphatic heterocycles. The molecule has 164 valence electrons. The summed E-state index contributed by atoms with van der Waals surface area (Å²) in [5.74, 6) is 1.22. The van der Waals surface area contributed by atoms with Crippen molar-refractivity contribution < 1.29 is 9.15 Å². The smallest absolute Gasteiger partial charge is 0.193 e. The van der Waals surface area contributed by atoms with E-state index in [0.29, 0.717) is 34.1 Å². The van der Waals surface area contributed by atoms with Gasteiger partial charge in [-0.15, -0.1) is 0 Å². The van der Waals surface area contributed by atoms with Crippen LogP contribution in [-0.4, -0.2) is 19.2 Å². The van der Waals surface area contributed by atoms with Gasteiger partial charge in [0.05, 0.1) is 12.0 Å². The quantitative estimate of drug-likeness (QED) is 0.382. The number of rotatable bonds is 9. The van der Waals surface area contributed by atoms with Crippen LogP contribution in [0.2, 0.25) is 5.02 Å². The highest BCUT2D eigenvalue weighted by Crippen LogP contribution is 2.26. The number of ether oxygens (including phenoxy) is 1. The molecule has 0 saturated carbocycles. The van der Waals surface area contributed by atoms with Crippen LogP contribution in [-0.2, 0) is 0 Å². The summed E-state index contributed by atoms with van der Waals surface area (Å²) in [5, 5.41) is 4.75. The monoisotopic (exact) mass is 439 g/mol. The molecule has 0 aliphatic carbocycles. The van der Waals surface area contributed by atoms with E-state index < -0.39 is 0 Å². The van der Waals surface area contributed by atoms with Gasteiger partial charge in [-0.05, 0) is 62.6 Å². The zero-order chi connectivity index (χ0) is 21.5. The molecule has 0 spiro atoms. The molecule has 1 saturated heterocycles. The van der Waals surface area contributed by atoms with Crippen molar-refractivity contribution >= 4 is 22.6 Å². The lowest BCUT2D eigenvalue weighted by atomic mass is 9.99.